The Bertz CT molecular complexity index is 613. The molecule has 1 saturated carbocycles. The van der Waals surface area contributed by atoms with E-state index in [-0.39, 0.29) is 5.56 Å². The molecule has 2 aromatic rings. The van der Waals surface area contributed by atoms with Gasteiger partial charge in [-0.25, -0.2) is 9.48 Å². The number of benzene rings is 1. The van der Waals surface area contributed by atoms with E-state index in [2.05, 4.69) is 10.3 Å². The molecular weight excluding hydrogens is 254 g/mol. The van der Waals surface area contributed by atoms with Gasteiger partial charge >= 0.3 is 5.97 Å². The number of rotatable bonds is 2. The molecule has 0 atom stereocenters. The molecule has 0 radical (unpaired) electrons. The van der Waals surface area contributed by atoms with Crippen LogP contribution in [0.25, 0.3) is 11.0 Å². The summed E-state index contributed by atoms with van der Waals surface area (Å²) < 4.78 is 1.99. The van der Waals surface area contributed by atoms with E-state index in [1.165, 1.54) is 32.1 Å². The highest BCUT2D eigenvalue weighted by atomic mass is 16.4. The zero-order valence-electron chi connectivity index (χ0n) is 11.5. The molecule has 0 bridgehead atoms. The lowest BCUT2D eigenvalue weighted by Crippen LogP contribution is -2.12. The lowest BCUT2D eigenvalue weighted by Gasteiger charge is -2.20. The Hall–Kier alpha value is -1.91. The monoisotopic (exact) mass is 273 g/mol. The third-order valence-electron chi connectivity index (χ3n) is 4.14. The minimum absolute atomic E-state index is 0.266. The second-order valence-electron chi connectivity index (χ2n) is 5.54. The fraction of sp³-hybridized carbons (Fsp3) is 0.533. The summed E-state index contributed by atoms with van der Waals surface area (Å²) in [5.41, 5.74) is 1.88. The molecule has 0 aliphatic heterocycles. The third kappa shape index (κ3) is 2.53. The molecule has 1 aliphatic rings. The number of aromatic carboxylic acids is 1. The number of carbonyl (C=O) groups is 1. The Kier molecular flexibility index (Phi) is 3.67. The topological polar surface area (TPSA) is 68.0 Å². The van der Waals surface area contributed by atoms with Gasteiger partial charge in [0.15, 0.2) is 0 Å². The molecule has 1 aromatic carbocycles. The largest absolute Gasteiger partial charge is 0.478 e. The molecule has 0 amide bonds. The van der Waals surface area contributed by atoms with Gasteiger partial charge in [-0.2, -0.15) is 0 Å². The van der Waals surface area contributed by atoms with Crippen molar-refractivity contribution in [1.82, 2.24) is 15.0 Å². The highest BCUT2D eigenvalue weighted by Crippen LogP contribution is 2.28. The van der Waals surface area contributed by atoms with Gasteiger partial charge in [-0.05, 0) is 31.0 Å². The molecule has 20 heavy (non-hydrogen) atoms. The standard InChI is InChI=1S/C15H19N3O2/c19-15(20)11-8-9-14-13(10-11)16-17-18(14)12-6-4-2-1-3-5-7-12/h8-10,12H,1-7H2,(H,19,20). The molecule has 1 heterocycles. The summed E-state index contributed by atoms with van der Waals surface area (Å²) in [4.78, 5) is 11.0. The Morgan fingerprint density at radius 3 is 2.55 bits per heavy atom. The molecule has 106 valence electrons. The van der Waals surface area contributed by atoms with Gasteiger partial charge in [0.25, 0.3) is 0 Å². The van der Waals surface area contributed by atoms with E-state index in [0.717, 1.165) is 18.4 Å². The fourth-order valence-electron chi connectivity index (χ4n) is 3.02. The summed E-state index contributed by atoms with van der Waals surface area (Å²) in [5, 5.41) is 17.4. The fourth-order valence-corrected chi connectivity index (χ4v) is 3.02. The first-order valence-corrected chi connectivity index (χ1v) is 7.34. The summed E-state index contributed by atoms with van der Waals surface area (Å²) in [6, 6.07) is 5.46. The van der Waals surface area contributed by atoms with Crippen LogP contribution in [0.4, 0.5) is 0 Å². The van der Waals surface area contributed by atoms with Gasteiger partial charge in [0, 0.05) is 0 Å². The molecule has 1 aliphatic carbocycles. The molecule has 3 rings (SSSR count). The number of carboxylic acids is 1. The van der Waals surface area contributed by atoms with Gasteiger partial charge in [-0.1, -0.05) is 37.3 Å². The van der Waals surface area contributed by atoms with Crippen molar-refractivity contribution in [3.63, 3.8) is 0 Å². The molecule has 1 aromatic heterocycles. The van der Waals surface area contributed by atoms with Crippen molar-refractivity contribution >= 4 is 17.0 Å². The first-order chi connectivity index (χ1) is 9.75. The Balaban J connectivity index is 1.92. The van der Waals surface area contributed by atoms with Crippen LogP contribution in [0.2, 0.25) is 0 Å². The van der Waals surface area contributed by atoms with Crippen molar-refractivity contribution in [1.29, 1.82) is 0 Å². The molecule has 0 spiro atoms. The van der Waals surface area contributed by atoms with E-state index in [1.54, 1.807) is 12.1 Å². The SMILES string of the molecule is O=C(O)c1ccc2c(c1)nnn2C1CCCCCCC1. The molecule has 0 unspecified atom stereocenters. The van der Waals surface area contributed by atoms with Gasteiger partial charge in [0.1, 0.15) is 5.52 Å². The maximum Gasteiger partial charge on any atom is 0.335 e. The summed E-state index contributed by atoms with van der Waals surface area (Å²) in [6.45, 7) is 0. The smallest absolute Gasteiger partial charge is 0.335 e. The van der Waals surface area contributed by atoms with Crippen molar-refractivity contribution in [2.45, 2.75) is 51.0 Å². The number of fused-ring (bicyclic) bond motifs is 1. The number of hydrogen-bond acceptors (Lipinski definition) is 3. The summed E-state index contributed by atoms with van der Waals surface area (Å²) >= 11 is 0. The van der Waals surface area contributed by atoms with Crippen molar-refractivity contribution in [2.75, 3.05) is 0 Å². The number of hydrogen-bond donors (Lipinski definition) is 1. The van der Waals surface area contributed by atoms with Gasteiger partial charge in [0.2, 0.25) is 0 Å². The normalized spacial score (nSPS) is 17.8. The maximum atomic E-state index is 11.0. The minimum atomic E-state index is -0.924. The van der Waals surface area contributed by atoms with E-state index < -0.39 is 5.97 Å². The van der Waals surface area contributed by atoms with E-state index in [4.69, 9.17) is 5.11 Å². The number of carboxylic acid groups (broad SMARTS) is 1. The average molecular weight is 273 g/mol. The van der Waals surface area contributed by atoms with Crippen molar-refractivity contribution in [2.24, 2.45) is 0 Å². The van der Waals surface area contributed by atoms with Crippen molar-refractivity contribution in [3.8, 4) is 0 Å². The predicted octanol–water partition coefficient (Wildman–Crippen LogP) is 3.41. The third-order valence-corrected chi connectivity index (χ3v) is 4.14. The molecule has 5 nitrogen and oxygen atoms in total. The van der Waals surface area contributed by atoms with E-state index in [0.29, 0.717) is 11.6 Å². The molecule has 1 fully saturated rings. The second-order valence-corrected chi connectivity index (χ2v) is 5.54. The van der Waals surface area contributed by atoms with Gasteiger partial charge < -0.3 is 5.11 Å². The van der Waals surface area contributed by atoms with Crippen LogP contribution in [0, 0.1) is 0 Å². The highest BCUT2D eigenvalue weighted by molar-refractivity contribution is 5.92. The van der Waals surface area contributed by atoms with Crippen LogP contribution in [-0.4, -0.2) is 26.1 Å². The quantitative estimate of drug-likeness (QED) is 0.910. The van der Waals surface area contributed by atoms with E-state index in [1.807, 2.05) is 10.7 Å². The highest BCUT2D eigenvalue weighted by Gasteiger charge is 2.17. The first kappa shape index (κ1) is 13.1. The van der Waals surface area contributed by atoms with Crippen LogP contribution in [0.15, 0.2) is 18.2 Å². The summed E-state index contributed by atoms with van der Waals surface area (Å²) in [7, 11) is 0. The minimum Gasteiger partial charge on any atom is -0.478 e. The van der Waals surface area contributed by atoms with Crippen LogP contribution in [0.3, 0.4) is 0 Å². The van der Waals surface area contributed by atoms with Gasteiger partial charge in [-0.3, -0.25) is 0 Å². The summed E-state index contributed by atoms with van der Waals surface area (Å²) in [5.74, 6) is -0.924. The van der Waals surface area contributed by atoms with Gasteiger partial charge in [-0.15, -0.1) is 5.10 Å². The lowest BCUT2D eigenvalue weighted by atomic mass is 9.97. The Morgan fingerprint density at radius 1 is 1.15 bits per heavy atom. The first-order valence-electron chi connectivity index (χ1n) is 7.34. The van der Waals surface area contributed by atoms with Crippen molar-refractivity contribution in [3.05, 3.63) is 23.8 Å². The Morgan fingerprint density at radius 2 is 1.85 bits per heavy atom. The van der Waals surface area contributed by atoms with E-state index >= 15 is 0 Å². The molecular formula is C15H19N3O2. The molecule has 1 N–H and O–H groups in total. The predicted molar refractivity (Wildman–Crippen MR) is 75.8 cm³/mol. The maximum absolute atomic E-state index is 11.0. The average Bonchev–Trinajstić information content (AvgIpc) is 2.81. The number of nitrogens with zero attached hydrogens (tertiary/aromatic N) is 3. The van der Waals surface area contributed by atoms with Crippen LogP contribution in [-0.2, 0) is 0 Å². The molecule has 5 heteroatoms. The van der Waals surface area contributed by atoms with Crippen molar-refractivity contribution < 1.29 is 9.90 Å². The number of aromatic nitrogens is 3. The van der Waals surface area contributed by atoms with Gasteiger partial charge in [0.05, 0.1) is 17.1 Å². The van der Waals surface area contributed by atoms with Crippen LogP contribution < -0.4 is 0 Å². The van der Waals surface area contributed by atoms with E-state index in [9.17, 15) is 4.79 Å². The lowest BCUT2D eigenvalue weighted by molar-refractivity contribution is 0.0697. The van der Waals surface area contributed by atoms with Crippen LogP contribution in [0.1, 0.15) is 61.3 Å². The Labute approximate surface area is 117 Å². The zero-order chi connectivity index (χ0) is 13.9. The molecule has 0 saturated heterocycles. The van der Waals surface area contributed by atoms with Crippen LogP contribution in [0.5, 0.6) is 0 Å². The second kappa shape index (κ2) is 5.61. The van der Waals surface area contributed by atoms with Crippen LogP contribution >= 0.6 is 0 Å². The summed E-state index contributed by atoms with van der Waals surface area (Å²) in [6.07, 6.45) is 8.68. The zero-order valence-corrected chi connectivity index (χ0v) is 11.5.